The van der Waals surface area contributed by atoms with Crippen molar-refractivity contribution in [3.63, 3.8) is 0 Å². The number of methoxy groups -OCH3 is 2. The van der Waals surface area contributed by atoms with Gasteiger partial charge in [0, 0.05) is 57.8 Å². The Morgan fingerprint density at radius 3 is 2.77 bits per heavy atom. The Balaban J connectivity index is 1.80. The lowest BCUT2D eigenvalue weighted by Crippen LogP contribution is -2.39. The van der Waals surface area contributed by atoms with Gasteiger partial charge in [0.2, 0.25) is 5.88 Å². The third kappa shape index (κ3) is 5.90. The van der Waals surface area contributed by atoms with Gasteiger partial charge >= 0.3 is 0 Å². The Bertz CT molecular complexity index is 826. The van der Waals surface area contributed by atoms with Gasteiger partial charge < -0.3 is 24.4 Å². The van der Waals surface area contributed by atoms with Crippen LogP contribution in [0.1, 0.15) is 19.8 Å². The zero-order chi connectivity index (χ0) is 21.2. The van der Waals surface area contributed by atoms with E-state index in [0.29, 0.717) is 12.5 Å². The lowest BCUT2D eigenvalue weighted by Gasteiger charge is -2.33. The van der Waals surface area contributed by atoms with Crippen LogP contribution >= 0.6 is 0 Å². The molecular formula is C22H31N5O3. The molecule has 30 heavy (non-hydrogen) atoms. The van der Waals surface area contributed by atoms with Gasteiger partial charge in [0.15, 0.2) is 0 Å². The lowest BCUT2D eigenvalue weighted by molar-refractivity contribution is 0.146. The molecule has 0 saturated heterocycles. The van der Waals surface area contributed by atoms with Crippen molar-refractivity contribution < 1.29 is 14.2 Å². The Labute approximate surface area is 178 Å². The van der Waals surface area contributed by atoms with Crippen LogP contribution in [0.3, 0.4) is 0 Å². The maximum Gasteiger partial charge on any atom is 0.212 e. The molecule has 1 aliphatic heterocycles. The van der Waals surface area contributed by atoms with E-state index in [0.717, 1.165) is 74.2 Å². The van der Waals surface area contributed by atoms with E-state index < -0.39 is 0 Å². The fourth-order valence-corrected chi connectivity index (χ4v) is 3.29. The zero-order valence-electron chi connectivity index (χ0n) is 18.1. The molecule has 0 radical (unpaired) electrons. The van der Waals surface area contributed by atoms with Crippen molar-refractivity contribution in [3.8, 4) is 17.1 Å². The minimum atomic E-state index is 0.588. The second kappa shape index (κ2) is 11.5. The van der Waals surface area contributed by atoms with E-state index in [-0.39, 0.29) is 0 Å². The number of anilines is 2. The predicted octanol–water partition coefficient (Wildman–Crippen LogP) is 3.25. The van der Waals surface area contributed by atoms with Crippen LogP contribution in [0.25, 0.3) is 11.3 Å². The summed E-state index contributed by atoms with van der Waals surface area (Å²) in [5.74, 6) is 1.54. The minimum absolute atomic E-state index is 0.588. The highest BCUT2D eigenvalue weighted by Gasteiger charge is 2.22. The van der Waals surface area contributed by atoms with Crippen LogP contribution in [-0.2, 0) is 9.47 Å². The molecule has 0 fully saturated rings. The maximum atomic E-state index is 5.53. The quantitative estimate of drug-likeness (QED) is 0.566. The van der Waals surface area contributed by atoms with Crippen molar-refractivity contribution in [2.24, 2.45) is 4.99 Å². The van der Waals surface area contributed by atoms with Gasteiger partial charge in [-0.3, -0.25) is 9.98 Å². The summed E-state index contributed by atoms with van der Waals surface area (Å²) in [6.45, 7) is 6.57. The third-order valence-corrected chi connectivity index (χ3v) is 4.81. The highest BCUT2D eigenvalue weighted by molar-refractivity contribution is 6.04. The number of hydrogen-bond donors (Lipinski definition) is 1. The average molecular weight is 414 g/mol. The number of ether oxygens (including phenoxy) is 3. The molecule has 162 valence electrons. The van der Waals surface area contributed by atoms with E-state index in [1.807, 2.05) is 25.3 Å². The van der Waals surface area contributed by atoms with Crippen molar-refractivity contribution in [3.05, 3.63) is 30.6 Å². The highest BCUT2D eigenvalue weighted by Crippen LogP contribution is 2.33. The van der Waals surface area contributed by atoms with Gasteiger partial charge in [0.05, 0.1) is 36.9 Å². The molecule has 0 bridgehead atoms. The second-order valence-electron chi connectivity index (χ2n) is 6.95. The van der Waals surface area contributed by atoms with E-state index in [4.69, 9.17) is 19.2 Å². The lowest BCUT2D eigenvalue weighted by atomic mass is 10.1. The molecule has 0 saturated carbocycles. The van der Waals surface area contributed by atoms with E-state index in [2.05, 4.69) is 26.3 Å². The van der Waals surface area contributed by atoms with Gasteiger partial charge in [-0.15, -0.1) is 0 Å². The number of aliphatic imine (C=N–C) groups is 1. The molecule has 3 rings (SSSR count). The van der Waals surface area contributed by atoms with Gasteiger partial charge in [0.25, 0.3) is 0 Å². The van der Waals surface area contributed by atoms with E-state index in [1.54, 1.807) is 20.4 Å². The summed E-state index contributed by atoms with van der Waals surface area (Å²) in [5.41, 5.74) is 3.91. The van der Waals surface area contributed by atoms with E-state index in [1.165, 1.54) is 0 Å². The Hall–Kier alpha value is -2.71. The number of pyridine rings is 2. The summed E-state index contributed by atoms with van der Waals surface area (Å²) in [6.07, 6.45) is 5.51. The molecule has 2 aromatic rings. The van der Waals surface area contributed by atoms with Crippen LogP contribution in [0.4, 0.5) is 11.4 Å². The number of amidine groups is 1. The molecule has 0 amide bonds. The molecule has 0 spiro atoms. The molecule has 8 nitrogen and oxygen atoms in total. The van der Waals surface area contributed by atoms with Crippen LogP contribution < -0.4 is 15.0 Å². The first-order valence-electron chi connectivity index (χ1n) is 10.4. The van der Waals surface area contributed by atoms with Crippen molar-refractivity contribution in [2.45, 2.75) is 19.8 Å². The predicted molar refractivity (Wildman–Crippen MR) is 120 cm³/mol. The molecule has 3 heterocycles. The number of fused-ring (bicyclic) bond motifs is 1. The number of hydrogen-bond acceptors (Lipinski definition) is 7. The molecule has 0 unspecified atom stereocenters. The van der Waals surface area contributed by atoms with E-state index >= 15 is 0 Å². The first kappa shape index (κ1) is 22.0. The third-order valence-electron chi connectivity index (χ3n) is 4.81. The van der Waals surface area contributed by atoms with Gasteiger partial charge in [-0.05, 0) is 31.9 Å². The van der Waals surface area contributed by atoms with E-state index in [9.17, 15) is 0 Å². The van der Waals surface area contributed by atoms with Crippen LogP contribution in [0.15, 0.2) is 35.6 Å². The minimum Gasteiger partial charge on any atom is -0.481 e. The van der Waals surface area contributed by atoms with Gasteiger partial charge in [-0.25, -0.2) is 4.98 Å². The standard InChI is InChI=1S/C22H31N5O3/c1-4-30-12-6-10-27-16-21(23-9-5-11-28-2)26-19-15-24-18(13-20(19)27)17-7-8-22(29-3)25-14-17/h7-8,13-15H,4-6,9-12,16H2,1-3H3,(H,23,26). The highest BCUT2D eigenvalue weighted by atomic mass is 16.5. The van der Waals surface area contributed by atoms with Gasteiger partial charge in [0.1, 0.15) is 5.84 Å². The van der Waals surface area contributed by atoms with Crippen molar-refractivity contribution in [1.29, 1.82) is 0 Å². The molecular weight excluding hydrogens is 382 g/mol. The van der Waals surface area contributed by atoms with Crippen molar-refractivity contribution in [1.82, 2.24) is 9.97 Å². The second-order valence-corrected chi connectivity index (χ2v) is 6.95. The fourth-order valence-electron chi connectivity index (χ4n) is 3.29. The largest absolute Gasteiger partial charge is 0.481 e. The summed E-state index contributed by atoms with van der Waals surface area (Å²) < 4.78 is 15.8. The molecule has 1 N–H and O–H groups in total. The SMILES string of the molecule is CCOCCCN1CC(=NCCCOC)Nc2cnc(-c3ccc(OC)nc3)cc21. The number of nitrogens with zero attached hydrogens (tertiary/aromatic N) is 4. The summed E-state index contributed by atoms with van der Waals surface area (Å²) in [6, 6.07) is 5.92. The zero-order valence-corrected chi connectivity index (χ0v) is 18.1. The molecule has 2 aromatic heterocycles. The smallest absolute Gasteiger partial charge is 0.212 e. The fraction of sp³-hybridized carbons (Fsp3) is 0.500. The van der Waals surface area contributed by atoms with Crippen LogP contribution in [0, 0.1) is 0 Å². The topological polar surface area (TPSA) is 81.1 Å². The van der Waals surface area contributed by atoms with Crippen molar-refractivity contribution in [2.75, 3.05) is 63.9 Å². The van der Waals surface area contributed by atoms with Crippen LogP contribution in [-0.4, -0.2) is 69.5 Å². The number of nitrogens with one attached hydrogen (secondary N) is 1. The molecule has 0 atom stereocenters. The Kier molecular flexibility index (Phi) is 8.41. The normalized spacial score (nSPS) is 14.5. The average Bonchev–Trinajstić information content (AvgIpc) is 2.79. The van der Waals surface area contributed by atoms with Gasteiger partial charge in [-0.2, -0.15) is 0 Å². The number of aromatic nitrogens is 2. The van der Waals surface area contributed by atoms with Gasteiger partial charge in [-0.1, -0.05) is 0 Å². The molecule has 8 heteroatoms. The van der Waals surface area contributed by atoms with Crippen LogP contribution in [0.2, 0.25) is 0 Å². The number of rotatable bonds is 11. The molecule has 0 aliphatic carbocycles. The maximum absolute atomic E-state index is 5.53. The summed E-state index contributed by atoms with van der Waals surface area (Å²) >= 11 is 0. The molecule has 1 aliphatic rings. The summed E-state index contributed by atoms with van der Waals surface area (Å²) in [7, 11) is 3.32. The first-order chi connectivity index (χ1) is 14.7. The Morgan fingerprint density at radius 1 is 1.13 bits per heavy atom. The monoisotopic (exact) mass is 413 g/mol. The molecule has 0 aromatic carbocycles. The van der Waals surface area contributed by atoms with Crippen molar-refractivity contribution >= 4 is 17.2 Å². The Morgan fingerprint density at radius 2 is 2.03 bits per heavy atom. The first-order valence-corrected chi connectivity index (χ1v) is 10.4. The van der Waals surface area contributed by atoms with Crippen LogP contribution in [0.5, 0.6) is 5.88 Å². The summed E-state index contributed by atoms with van der Waals surface area (Å²) in [4.78, 5) is 16.0. The summed E-state index contributed by atoms with van der Waals surface area (Å²) in [5, 5.41) is 3.44.